The van der Waals surface area contributed by atoms with E-state index in [-0.39, 0.29) is 5.56 Å². The van der Waals surface area contributed by atoms with Gasteiger partial charge in [-0.05, 0) is 48.9 Å². The first-order valence-corrected chi connectivity index (χ1v) is 8.42. The third-order valence-electron chi connectivity index (χ3n) is 4.12. The van der Waals surface area contributed by atoms with E-state index in [1.165, 1.54) is 0 Å². The van der Waals surface area contributed by atoms with Crippen LogP contribution in [-0.2, 0) is 13.0 Å². The second-order valence-electron chi connectivity index (χ2n) is 5.89. The third kappa shape index (κ3) is 4.32. The molecule has 0 fully saturated rings. The number of furan rings is 1. The van der Waals surface area contributed by atoms with Crippen molar-refractivity contribution in [2.75, 3.05) is 13.7 Å². The summed E-state index contributed by atoms with van der Waals surface area (Å²) in [5.74, 6) is 1.42. The summed E-state index contributed by atoms with van der Waals surface area (Å²) in [6.07, 6.45) is 0.859. The lowest BCUT2D eigenvalue weighted by molar-refractivity contribution is 0.0697. The number of hydrogen-bond donors (Lipinski definition) is 2. The summed E-state index contributed by atoms with van der Waals surface area (Å²) in [4.78, 5) is 11.1. The van der Waals surface area contributed by atoms with E-state index >= 15 is 0 Å². The molecular formula is C21H21NO4. The second kappa shape index (κ2) is 8.36. The molecule has 0 atom stereocenters. The van der Waals surface area contributed by atoms with Crippen LogP contribution >= 0.6 is 0 Å². The first-order valence-electron chi connectivity index (χ1n) is 8.42. The molecule has 26 heavy (non-hydrogen) atoms. The van der Waals surface area contributed by atoms with Gasteiger partial charge in [0.25, 0.3) is 0 Å². The van der Waals surface area contributed by atoms with Gasteiger partial charge in [0.1, 0.15) is 17.3 Å². The number of carboxylic acid groups (broad SMARTS) is 1. The largest absolute Gasteiger partial charge is 0.496 e. The minimum atomic E-state index is -0.948. The molecular weight excluding hydrogens is 330 g/mol. The topological polar surface area (TPSA) is 71.7 Å². The van der Waals surface area contributed by atoms with Crippen LogP contribution in [0.5, 0.6) is 5.75 Å². The number of ether oxygens (including phenoxy) is 1. The average Bonchev–Trinajstić information content (AvgIpc) is 3.14. The van der Waals surface area contributed by atoms with Gasteiger partial charge in [0.15, 0.2) is 0 Å². The predicted molar refractivity (Wildman–Crippen MR) is 99.5 cm³/mol. The Balaban J connectivity index is 1.56. The van der Waals surface area contributed by atoms with Crippen molar-refractivity contribution in [3.8, 4) is 17.1 Å². The van der Waals surface area contributed by atoms with Crippen molar-refractivity contribution in [2.24, 2.45) is 0 Å². The number of aromatic carboxylic acids is 1. The first kappa shape index (κ1) is 17.8. The van der Waals surface area contributed by atoms with Crippen molar-refractivity contribution in [3.63, 3.8) is 0 Å². The van der Waals surface area contributed by atoms with E-state index < -0.39 is 5.97 Å². The molecule has 2 aromatic carbocycles. The summed E-state index contributed by atoms with van der Waals surface area (Å²) in [5.41, 5.74) is 2.16. The van der Waals surface area contributed by atoms with Crippen LogP contribution in [0.1, 0.15) is 21.7 Å². The molecule has 0 aliphatic rings. The fourth-order valence-electron chi connectivity index (χ4n) is 2.78. The Hall–Kier alpha value is -3.05. The lowest BCUT2D eigenvalue weighted by atomic mass is 10.1. The number of hydrogen-bond acceptors (Lipinski definition) is 4. The predicted octanol–water partition coefficient (Wildman–Crippen LogP) is 3.99. The van der Waals surface area contributed by atoms with E-state index in [0.29, 0.717) is 12.3 Å². The smallest absolute Gasteiger partial charge is 0.335 e. The lowest BCUT2D eigenvalue weighted by Crippen LogP contribution is -2.16. The molecule has 0 saturated heterocycles. The molecule has 5 nitrogen and oxygen atoms in total. The Morgan fingerprint density at radius 1 is 1.12 bits per heavy atom. The van der Waals surface area contributed by atoms with Gasteiger partial charge in [0.05, 0.1) is 19.2 Å². The fourth-order valence-corrected chi connectivity index (χ4v) is 2.78. The Morgan fingerprint density at radius 3 is 2.77 bits per heavy atom. The van der Waals surface area contributed by atoms with E-state index in [9.17, 15) is 4.79 Å². The number of benzene rings is 2. The van der Waals surface area contributed by atoms with Crippen molar-refractivity contribution in [1.82, 2.24) is 5.32 Å². The molecule has 2 N–H and O–H groups in total. The molecule has 3 rings (SSSR count). The van der Waals surface area contributed by atoms with Crippen LogP contribution in [0.2, 0.25) is 0 Å². The summed E-state index contributed by atoms with van der Waals surface area (Å²) in [7, 11) is 1.68. The zero-order valence-electron chi connectivity index (χ0n) is 14.6. The summed E-state index contributed by atoms with van der Waals surface area (Å²) in [6.45, 7) is 1.40. The van der Waals surface area contributed by atoms with Gasteiger partial charge < -0.3 is 19.6 Å². The molecule has 0 radical (unpaired) electrons. The number of methoxy groups -OCH3 is 1. The maximum atomic E-state index is 11.1. The monoisotopic (exact) mass is 351 g/mol. The number of carboxylic acids is 1. The lowest BCUT2D eigenvalue weighted by Gasteiger charge is -2.08. The highest BCUT2D eigenvalue weighted by atomic mass is 16.5. The molecule has 0 unspecified atom stereocenters. The van der Waals surface area contributed by atoms with Crippen molar-refractivity contribution >= 4 is 5.97 Å². The Labute approximate surface area is 152 Å². The number of para-hydroxylation sites is 1. The standard InChI is InChI=1S/C21H21NO4/c1-25-19-8-3-2-5-15(19)11-12-22-14-18-9-10-20(26-18)16-6-4-7-17(13-16)21(23)24/h2-10,13,22H,11-12,14H2,1H3,(H,23,24). The number of rotatable bonds is 8. The van der Waals surface area contributed by atoms with Crippen LogP contribution in [0.15, 0.2) is 65.1 Å². The van der Waals surface area contributed by atoms with Gasteiger partial charge in [0.2, 0.25) is 0 Å². The molecule has 134 valence electrons. The van der Waals surface area contributed by atoms with Crippen LogP contribution in [0.25, 0.3) is 11.3 Å². The number of nitrogens with one attached hydrogen (secondary N) is 1. The second-order valence-corrected chi connectivity index (χ2v) is 5.89. The summed E-state index contributed by atoms with van der Waals surface area (Å²) < 4.78 is 11.2. The Kier molecular flexibility index (Phi) is 5.71. The highest BCUT2D eigenvalue weighted by Crippen LogP contribution is 2.23. The molecule has 0 aliphatic carbocycles. The highest BCUT2D eigenvalue weighted by molar-refractivity contribution is 5.89. The highest BCUT2D eigenvalue weighted by Gasteiger charge is 2.08. The minimum absolute atomic E-state index is 0.246. The van der Waals surface area contributed by atoms with Gasteiger partial charge in [-0.1, -0.05) is 30.3 Å². The zero-order valence-corrected chi connectivity index (χ0v) is 14.6. The van der Waals surface area contributed by atoms with Gasteiger partial charge in [-0.15, -0.1) is 0 Å². The van der Waals surface area contributed by atoms with Crippen molar-refractivity contribution < 1.29 is 19.1 Å². The van der Waals surface area contributed by atoms with E-state index in [1.807, 2.05) is 36.4 Å². The molecule has 0 amide bonds. The van der Waals surface area contributed by atoms with Crippen LogP contribution < -0.4 is 10.1 Å². The van der Waals surface area contributed by atoms with Gasteiger partial charge >= 0.3 is 5.97 Å². The van der Waals surface area contributed by atoms with Gasteiger partial charge in [-0.25, -0.2) is 4.79 Å². The van der Waals surface area contributed by atoms with Crippen molar-refractivity contribution in [1.29, 1.82) is 0 Å². The van der Waals surface area contributed by atoms with Gasteiger partial charge in [-0.3, -0.25) is 0 Å². The van der Waals surface area contributed by atoms with E-state index in [1.54, 1.807) is 25.3 Å². The maximum Gasteiger partial charge on any atom is 0.335 e. The molecule has 0 saturated carbocycles. The number of carbonyl (C=O) groups is 1. The molecule has 0 bridgehead atoms. The van der Waals surface area contributed by atoms with Crippen LogP contribution in [0.3, 0.4) is 0 Å². The zero-order chi connectivity index (χ0) is 18.4. The summed E-state index contributed by atoms with van der Waals surface area (Å²) in [5, 5.41) is 12.4. The van der Waals surface area contributed by atoms with Crippen LogP contribution in [0, 0.1) is 0 Å². The normalized spacial score (nSPS) is 10.7. The molecule has 0 spiro atoms. The van der Waals surface area contributed by atoms with Crippen molar-refractivity contribution in [2.45, 2.75) is 13.0 Å². The van der Waals surface area contributed by atoms with Crippen LogP contribution in [0.4, 0.5) is 0 Å². The van der Waals surface area contributed by atoms with E-state index in [2.05, 4.69) is 11.4 Å². The molecule has 1 heterocycles. The van der Waals surface area contributed by atoms with Crippen LogP contribution in [-0.4, -0.2) is 24.7 Å². The van der Waals surface area contributed by atoms with Gasteiger partial charge in [0, 0.05) is 5.56 Å². The molecule has 1 aromatic heterocycles. The fraction of sp³-hybridized carbons (Fsp3) is 0.190. The Bertz CT molecular complexity index is 885. The van der Waals surface area contributed by atoms with E-state index in [4.69, 9.17) is 14.3 Å². The van der Waals surface area contributed by atoms with Crippen molar-refractivity contribution in [3.05, 3.63) is 77.6 Å². The summed E-state index contributed by atoms with van der Waals surface area (Å²) in [6, 6.07) is 18.5. The SMILES string of the molecule is COc1ccccc1CCNCc1ccc(-c2cccc(C(=O)O)c2)o1. The Morgan fingerprint density at radius 2 is 1.96 bits per heavy atom. The first-order chi connectivity index (χ1) is 12.7. The molecule has 5 heteroatoms. The third-order valence-corrected chi connectivity index (χ3v) is 4.12. The average molecular weight is 351 g/mol. The van der Waals surface area contributed by atoms with Gasteiger partial charge in [-0.2, -0.15) is 0 Å². The van der Waals surface area contributed by atoms with E-state index in [0.717, 1.165) is 35.6 Å². The molecule has 0 aliphatic heterocycles. The summed E-state index contributed by atoms with van der Waals surface area (Å²) >= 11 is 0. The molecule has 3 aromatic rings. The minimum Gasteiger partial charge on any atom is -0.496 e. The maximum absolute atomic E-state index is 11.1. The quantitative estimate of drug-likeness (QED) is 0.601.